The van der Waals surface area contributed by atoms with Gasteiger partial charge in [0.25, 0.3) is 11.7 Å². The van der Waals surface area contributed by atoms with E-state index in [0.717, 1.165) is 18.7 Å². The third-order valence-corrected chi connectivity index (χ3v) is 7.26. The van der Waals surface area contributed by atoms with E-state index in [2.05, 4.69) is 11.5 Å². The zero-order valence-electron chi connectivity index (χ0n) is 23.1. The molecule has 41 heavy (non-hydrogen) atoms. The molecule has 3 aromatic carbocycles. The standard InChI is InChI=1S/C33H34N2O6/c1-3-18-40-28-13-12-25(21-23(28)2)31(36)29-30(24-8-7-11-27(22-24)41-26-9-5-4-6-10-26)35(33(38)32(29)37)15-14-34-16-19-39-20-17-34/h3-13,21-22,30,36H,1,14-20H2,2H3/t30-/m0/s1. The zero-order chi connectivity index (χ0) is 28.8. The first-order chi connectivity index (χ1) is 20.0. The van der Waals surface area contributed by atoms with E-state index in [1.807, 2.05) is 61.5 Å². The lowest BCUT2D eigenvalue weighted by Crippen LogP contribution is -2.42. The van der Waals surface area contributed by atoms with Crippen LogP contribution in [-0.2, 0) is 14.3 Å². The summed E-state index contributed by atoms with van der Waals surface area (Å²) in [5, 5.41) is 11.5. The highest BCUT2D eigenvalue weighted by atomic mass is 16.5. The maximum Gasteiger partial charge on any atom is 0.295 e. The number of benzene rings is 3. The van der Waals surface area contributed by atoms with Gasteiger partial charge >= 0.3 is 0 Å². The van der Waals surface area contributed by atoms with Crippen LogP contribution in [0.15, 0.2) is 91.0 Å². The Labute approximate surface area is 240 Å². The van der Waals surface area contributed by atoms with Crippen molar-refractivity contribution in [1.82, 2.24) is 9.80 Å². The highest BCUT2D eigenvalue weighted by molar-refractivity contribution is 6.46. The molecule has 8 nitrogen and oxygen atoms in total. The first-order valence-corrected chi connectivity index (χ1v) is 13.7. The number of para-hydroxylation sites is 1. The Morgan fingerprint density at radius 1 is 1.00 bits per heavy atom. The second-order valence-electron chi connectivity index (χ2n) is 10.0. The Balaban J connectivity index is 1.53. The summed E-state index contributed by atoms with van der Waals surface area (Å²) in [5.41, 5.74) is 1.94. The van der Waals surface area contributed by atoms with Crippen LogP contribution in [0.1, 0.15) is 22.7 Å². The second-order valence-corrected chi connectivity index (χ2v) is 10.0. The molecule has 0 aromatic heterocycles. The largest absolute Gasteiger partial charge is 0.507 e. The number of aliphatic hydroxyl groups excluding tert-OH is 1. The van der Waals surface area contributed by atoms with Crippen molar-refractivity contribution in [3.8, 4) is 17.2 Å². The minimum Gasteiger partial charge on any atom is -0.507 e. The van der Waals surface area contributed by atoms with Gasteiger partial charge in [-0.2, -0.15) is 0 Å². The molecular formula is C33H34N2O6. The summed E-state index contributed by atoms with van der Waals surface area (Å²) >= 11 is 0. The van der Waals surface area contributed by atoms with E-state index in [1.165, 1.54) is 0 Å². The minimum atomic E-state index is -0.785. The molecule has 1 amide bonds. The van der Waals surface area contributed by atoms with Crippen LogP contribution >= 0.6 is 0 Å². The third kappa shape index (κ3) is 6.34. The highest BCUT2D eigenvalue weighted by Gasteiger charge is 2.46. The maximum absolute atomic E-state index is 13.5. The molecule has 2 fully saturated rings. The number of hydrogen-bond donors (Lipinski definition) is 1. The average Bonchev–Trinajstić information content (AvgIpc) is 3.25. The van der Waals surface area contributed by atoms with Crippen molar-refractivity contribution in [3.05, 3.63) is 108 Å². The Hall–Kier alpha value is -4.40. The van der Waals surface area contributed by atoms with Crippen LogP contribution < -0.4 is 9.47 Å². The highest BCUT2D eigenvalue weighted by Crippen LogP contribution is 2.41. The van der Waals surface area contributed by atoms with E-state index in [0.29, 0.717) is 61.3 Å². The quantitative estimate of drug-likeness (QED) is 0.161. The number of nitrogens with zero attached hydrogens (tertiary/aromatic N) is 2. The molecule has 1 N–H and O–H groups in total. The van der Waals surface area contributed by atoms with Crippen molar-refractivity contribution in [2.45, 2.75) is 13.0 Å². The van der Waals surface area contributed by atoms with E-state index < -0.39 is 17.7 Å². The van der Waals surface area contributed by atoms with Crippen molar-refractivity contribution in [3.63, 3.8) is 0 Å². The van der Waals surface area contributed by atoms with E-state index in [1.54, 1.807) is 29.2 Å². The van der Waals surface area contributed by atoms with Gasteiger partial charge in [-0.3, -0.25) is 14.5 Å². The molecule has 3 aromatic rings. The predicted molar refractivity (Wildman–Crippen MR) is 156 cm³/mol. The number of carbonyl (C=O) groups excluding carboxylic acids is 2. The Morgan fingerprint density at radius 3 is 2.49 bits per heavy atom. The molecule has 1 atom stereocenters. The topological polar surface area (TPSA) is 88.5 Å². The Kier molecular flexibility index (Phi) is 8.82. The summed E-state index contributed by atoms with van der Waals surface area (Å²) in [6, 6.07) is 21.1. The average molecular weight is 555 g/mol. The number of ether oxygens (including phenoxy) is 3. The molecule has 2 saturated heterocycles. The van der Waals surface area contributed by atoms with Gasteiger partial charge in [0.05, 0.1) is 24.8 Å². The number of aliphatic hydroxyl groups is 1. The van der Waals surface area contributed by atoms with Crippen LogP contribution in [0.25, 0.3) is 5.76 Å². The van der Waals surface area contributed by atoms with Crippen LogP contribution in [0.5, 0.6) is 17.2 Å². The lowest BCUT2D eigenvalue weighted by Gasteiger charge is -2.31. The minimum absolute atomic E-state index is 0.0491. The number of Topliss-reactive ketones (excluding diaryl/α,β-unsaturated/α-hetero) is 1. The van der Waals surface area contributed by atoms with Crippen LogP contribution in [0.2, 0.25) is 0 Å². The zero-order valence-corrected chi connectivity index (χ0v) is 23.1. The van der Waals surface area contributed by atoms with E-state index in [-0.39, 0.29) is 11.3 Å². The first-order valence-electron chi connectivity index (χ1n) is 13.7. The van der Waals surface area contributed by atoms with E-state index in [4.69, 9.17) is 14.2 Å². The van der Waals surface area contributed by atoms with Crippen LogP contribution in [0.3, 0.4) is 0 Å². The van der Waals surface area contributed by atoms with Crippen molar-refractivity contribution < 1.29 is 28.9 Å². The number of carbonyl (C=O) groups is 2. The second kappa shape index (κ2) is 12.8. The van der Waals surface area contributed by atoms with Crippen LogP contribution in [0.4, 0.5) is 0 Å². The molecule has 0 bridgehead atoms. The van der Waals surface area contributed by atoms with E-state index >= 15 is 0 Å². The lowest BCUT2D eigenvalue weighted by atomic mass is 9.94. The molecule has 2 aliphatic rings. The SMILES string of the molecule is C=CCOc1ccc(C(O)=C2C(=O)C(=O)N(CCN3CCOCC3)[C@H]2c2cccc(Oc3ccccc3)c2)cc1C. The molecule has 0 unspecified atom stereocenters. The summed E-state index contributed by atoms with van der Waals surface area (Å²) in [5.74, 6) is 0.298. The number of rotatable bonds is 10. The molecule has 0 spiro atoms. The molecule has 212 valence electrons. The summed E-state index contributed by atoms with van der Waals surface area (Å²) < 4.78 is 17.2. The van der Waals surface area contributed by atoms with Crippen molar-refractivity contribution in [1.29, 1.82) is 0 Å². The fourth-order valence-corrected chi connectivity index (χ4v) is 5.17. The van der Waals surface area contributed by atoms with Gasteiger partial charge < -0.3 is 24.2 Å². The number of ketones is 1. The van der Waals surface area contributed by atoms with Crippen molar-refractivity contribution >= 4 is 17.4 Å². The Morgan fingerprint density at radius 2 is 1.76 bits per heavy atom. The number of morpholine rings is 1. The lowest BCUT2D eigenvalue weighted by molar-refractivity contribution is -0.140. The Bertz CT molecular complexity index is 1450. The number of aryl methyl sites for hydroxylation is 1. The van der Waals surface area contributed by atoms with Gasteiger partial charge in [0.1, 0.15) is 29.6 Å². The molecule has 2 heterocycles. The number of hydrogen-bond acceptors (Lipinski definition) is 7. The summed E-state index contributed by atoms with van der Waals surface area (Å²) in [4.78, 5) is 30.7. The molecule has 5 rings (SSSR count). The summed E-state index contributed by atoms with van der Waals surface area (Å²) in [6.45, 7) is 9.57. The van der Waals surface area contributed by atoms with Gasteiger partial charge in [-0.1, -0.05) is 43.0 Å². The van der Waals surface area contributed by atoms with Gasteiger partial charge in [0.2, 0.25) is 0 Å². The molecule has 0 saturated carbocycles. The normalized spacial score (nSPS) is 18.9. The van der Waals surface area contributed by atoms with Gasteiger partial charge in [-0.05, 0) is 60.5 Å². The van der Waals surface area contributed by atoms with Crippen molar-refractivity contribution in [2.75, 3.05) is 46.0 Å². The van der Waals surface area contributed by atoms with Gasteiger partial charge in [-0.25, -0.2) is 0 Å². The number of amides is 1. The smallest absolute Gasteiger partial charge is 0.295 e. The van der Waals surface area contributed by atoms with Gasteiger partial charge in [-0.15, -0.1) is 0 Å². The van der Waals surface area contributed by atoms with Gasteiger partial charge in [0.15, 0.2) is 0 Å². The molecule has 0 radical (unpaired) electrons. The molecule has 2 aliphatic heterocycles. The summed E-state index contributed by atoms with van der Waals surface area (Å²) in [7, 11) is 0. The first kappa shape index (κ1) is 28.1. The fraction of sp³-hybridized carbons (Fsp3) is 0.273. The van der Waals surface area contributed by atoms with E-state index in [9.17, 15) is 14.7 Å². The predicted octanol–water partition coefficient (Wildman–Crippen LogP) is 5.11. The number of likely N-dealkylation sites (tertiary alicyclic amines) is 1. The fourth-order valence-electron chi connectivity index (χ4n) is 5.17. The van der Waals surface area contributed by atoms with Crippen LogP contribution in [0, 0.1) is 6.92 Å². The van der Waals surface area contributed by atoms with Crippen LogP contribution in [-0.4, -0.2) is 72.6 Å². The molecular weight excluding hydrogens is 520 g/mol. The maximum atomic E-state index is 13.5. The molecule has 8 heteroatoms. The van der Waals surface area contributed by atoms with Gasteiger partial charge in [0, 0.05) is 31.7 Å². The molecule has 0 aliphatic carbocycles. The monoisotopic (exact) mass is 554 g/mol. The summed E-state index contributed by atoms with van der Waals surface area (Å²) in [6.07, 6.45) is 1.65. The third-order valence-electron chi connectivity index (χ3n) is 7.26. The van der Waals surface area contributed by atoms with Crippen molar-refractivity contribution in [2.24, 2.45) is 0 Å².